The summed E-state index contributed by atoms with van der Waals surface area (Å²) in [4.78, 5) is 13.5. The molecule has 20 heavy (non-hydrogen) atoms. The molecule has 0 aromatic carbocycles. The smallest absolute Gasteiger partial charge is 0.164 e. The maximum absolute atomic E-state index is 4.56. The maximum Gasteiger partial charge on any atom is 0.164 e. The van der Waals surface area contributed by atoms with Gasteiger partial charge in [-0.25, -0.2) is 15.0 Å². The summed E-state index contributed by atoms with van der Waals surface area (Å²) in [5.74, 6) is 4.20. The van der Waals surface area contributed by atoms with Crippen molar-refractivity contribution in [2.24, 2.45) is 0 Å². The SMILES string of the molecule is CCNc1nc(C)nc(-n2nc(CC)nc2CC)c1C. The largest absolute Gasteiger partial charge is 0.370 e. The Morgan fingerprint density at radius 2 is 1.75 bits per heavy atom. The molecule has 0 radical (unpaired) electrons. The van der Waals surface area contributed by atoms with E-state index in [1.54, 1.807) is 0 Å². The van der Waals surface area contributed by atoms with Crippen molar-refractivity contribution in [1.29, 1.82) is 0 Å². The summed E-state index contributed by atoms with van der Waals surface area (Å²) in [7, 11) is 0. The number of rotatable bonds is 5. The van der Waals surface area contributed by atoms with Crippen molar-refractivity contribution in [3.63, 3.8) is 0 Å². The normalized spacial score (nSPS) is 10.8. The summed E-state index contributed by atoms with van der Waals surface area (Å²) >= 11 is 0. The van der Waals surface area contributed by atoms with E-state index >= 15 is 0 Å². The average Bonchev–Trinajstić information content (AvgIpc) is 2.86. The van der Waals surface area contributed by atoms with Gasteiger partial charge in [0, 0.05) is 24.9 Å². The maximum atomic E-state index is 4.56. The number of nitrogens with one attached hydrogen (secondary N) is 1. The fourth-order valence-corrected chi connectivity index (χ4v) is 2.10. The minimum absolute atomic E-state index is 0.733. The number of hydrogen-bond acceptors (Lipinski definition) is 5. The second-order valence-electron chi connectivity index (χ2n) is 4.66. The number of aromatic nitrogens is 5. The van der Waals surface area contributed by atoms with Gasteiger partial charge in [-0.15, -0.1) is 5.10 Å². The number of aryl methyl sites for hydroxylation is 3. The zero-order valence-corrected chi connectivity index (χ0v) is 12.9. The molecule has 0 unspecified atom stereocenters. The Bertz CT molecular complexity index is 602. The van der Waals surface area contributed by atoms with Gasteiger partial charge in [0.15, 0.2) is 11.6 Å². The van der Waals surface area contributed by atoms with E-state index in [9.17, 15) is 0 Å². The molecule has 0 aliphatic rings. The predicted molar refractivity (Wildman–Crippen MR) is 79.3 cm³/mol. The van der Waals surface area contributed by atoms with Gasteiger partial charge in [-0.1, -0.05) is 13.8 Å². The molecule has 0 spiro atoms. The molecule has 0 saturated heterocycles. The van der Waals surface area contributed by atoms with Crippen LogP contribution in [0.5, 0.6) is 0 Å². The Morgan fingerprint density at radius 3 is 2.35 bits per heavy atom. The molecular formula is C14H22N6. The Balaban J connectivity index is 2.59. The summed E-state index contributed by atoms with van der Waals surface area (Å²) in [5.41, 5.74) is 1.000. The second kappa shape index (κ2) is 5.98. The molecule has 0 aliphatic heterocycles. The third-order valence-electron chi connectivity index (χ3n) is 3.13. The summed E-state index contributed by atoms with van der Waals surface area (Å²) < 4.78 is 1.85. The van der Waals surface area contributed by atoms with Crippen molar-refractivity contribution in [1.82, 2.24) is 24.7 Å². The molecule has 0 saturated carbocycles. The standard InChI is InChI=1S/C14H22N6/c1-6-11-18-12(7-2)20(19-11)14-9(4)13(15-8-3)16-10(5)17-14/h6-8H2,1-5H3,(H,15,16,17). The minimum atomic E-state index is 0.733. The third-order valence-corrected chi connectivity index (χ3v) is 3.13. The first-order valence-corrected chi connectivity index (χ1v) is 7.14. The number of nitrogens with zero attached hydrogens (tertiary/aromatic N) is 5. The van der Waals surface area contributed by atoms with Crippen LogP contribution in [0, 0.1) is 13.8 Å². The molecule has 6 heteroatoms. The highest BCUT2D eigenvalue weighted by Crippen LogP contribution is 2.20. The van der Waals surface area contributed by atoms with E-state index in [2.05, 4.69) is 46.1 Å². The van der Waals surface area contributed by atoms with Gasteiger partial charge in [0.2, 0.25) is 0 Å². The van der Waals surface area contributed by atoms with E-state index in [1.807, 2.05) is 18.5 Å². The summed E-state index contributed by atoms with van der Waals surface area (Å²) in [6.45, 7) is 10.9. The van der Waals surface area contributed by atoms with E-state index in [0.29, 0.717) is 0 Å². The van der Waals surface area contributed by atoms with Gasteiger partial charge < -0.3 is 5.32 Å². The van der Waals surface area contributed by atoms with Crippen LogP contribution in [-0.4, -0.2) is 31.3 Å². The van der Waals surface area contributed by atoms with Crippen molar-refractivity contribution in [2.45, 2.75) is 47.5 Å². The van der Waals surface area contributed by atoms with E-state index in [0.717, 1.165) is 54.1 Å². The van der Waals surface area contributed by atoms with Crippen LogP contribution in [0.3, 0.4) is 0 Å². The lowest BCUT2D eigenvalue weighted by Gasteiger charge is -2.12. The van der Waals surface area contributed by atoms with Crippen molar-refractivity contribution in [3.8, 4) is 5.82 Å². The molecule has 0 aliphatic carbocycles. The summed E-state index contributed by atoms with van der Waals surface area (Å²) in [5, 5.41) is 7.83. The fourth-order valence-electron chi connectivity index (χ4n) is 2.10. The van der Waals surface area contributed by atoms with Crippen molar-refractivity contribution in [3.05, 3.63) is 23.0 Å². The highest BCUT2D eigenvalue weighted by molar-refractivity contribution is 5.51. The first-order valence-electron chi connectivity index (χ1n) is 7.14. The van der Waals surface area contributed by atoms with E-state index < -0.39 is 0 Å². The molecule has 0 amide bonds. The Kier molecular flexibility index (Phi) is 4.32. The highest BCUT2D eigenvalue weighted by atomic mass is 15.4. The van der Waals surface area contributed by atoms with Crippen LogP contribution in [0.2, 0.25) is 0 Å². The first kappa shape index (κ1) is 14.4. The second-order valence-corrected chi connectivity index (χ2v) is 4.66. The van der Waals surface area contributed by atoms with Gasteiger partial charge in [-0.2, -0.15) is 4.68 Å². The van der Waals surface area contributed by atoms with Crippen molar-refractivity contribution >= 4 is 5.82 Å². The van der Waals surface area contributed by atoms with Gasteiger partial charge in [0.1, 0.15) is 17.5 Å². The van der Waals surface area contributed by atoms with Gasteiger partial charge in [-0.3, -0.25) is 0 Å². The van der Waals surface area contributed by atoms with Crippen LogP contribution in [0.1, 0.15) is 43.8 Å². The quantitative estimate of drug-likeness (QED) is 0.905. The molecule has 108 valence electrons. The molecule has 0 fully saturated rings. The van der Waals surface area contributed by atoms with Crippen LogP contribution in [0.25, 0.3) is 5.82 Å². The van der Waals surface area contributed by atoms with Crippen molar-refractivity contribution in [2.75, 3.05) is 11.9 Å². The third kappa shape index (κ3) is 2.64. The lowest BCUT2D eigenvalue weighted by Crippen LogP contribution is -2.12. The predicted octanol–water partition coefficient (Wildman–Crippen LogP) is 2.23. The van der Waals surface area contributed by atoms with Gasteiger partial charge in [0.05, 0.1) is 0 Å². The van der Waals surface area contributed by atoms with Gasteiger partial charge in [-0.05, 0) is 20.8 Å². The summed E-state index contributed by atoms with van der Waals surface area (Å²) in [6, 6.07) is 0. The van der Waals surface area contributed by atoms with Gasteiger partial charge in [0.25, 0.3) is 0 Å². The molecule has 0 atom stereocenters. The zero-order valence-electron chi connectivity index (χ0n) is 12.9. The van der Waals surface area contributed by atoms with E-state index in [-0.39, 0.29) is 0 Å². The number of hydrogen-bond donors (Lipinski definition) is 1. The van der Waals surface area contributed by atoms with Crippen LogP contribution in [-0.2, 0) is 12.8 Å². The zero-order chi connectivity index (χ0) is 14.7. The lowest BCUT2D eigenvalue weighted by molar-refractivity contribution is 0.753. The van der Waals surface area contributed by atoms with Crippen LogP contribution < -0.4 is 5.32 Å². The Hall–Kier alpha value is -1.98. The van der Waals surface area contributed by atoms with E-state index in [1.165, 1.54) is 0 Å². The van der Waals surface area contributed by atoms with E-state index in [4.69, 9.17) is 0 Å². The van der Waals surface area contributed by atoms with Gasteiger partial charge >= 0.3 is 0 Å². The topological polar surface area (TPSA) is 68.5 Å². The molecule has 2 rings (SSSR count). The highest BCUT2D eigenvalue weighted by Gasteiger charge is 2.16. The number of anilines is 1. The minimum Gasteiger partial charge on any atom is -0.370 e. The van der Waals surface area contributed by atoms with Crippen LogP contribution in [0.15, 0.2) is 0 Å². The Morgan fingerprint density at radius 1 is 1.00 bits per heavy atom. The van der Waals surface area contributed by atoms with Crippen LogP contribution >= 0.6 is 0 Å². The molecular weight excluding hydrogens is 252 g/mol. The molecule has 1 N–H and O–H groups in total. The van der Waals surface area contributed by atoms with Crippen LogP contribution in [0.4, 0.5) is 5.82 Å². The molecule has 2 aromatic rings. The molecule has 2 aromatic heterocycles. The first-order chi connectivity index (χ1) is 9.60. The Labute approximate surface area is 119 Å². The lowest BCUT2D eigenvalue weighted by atomic mass is 10.3. The summed E-state index contributed by atoms with van der Waals surface area (Å²) in [6.07, 6.45) is 1.65. The average molecular weight is 274 g/mol. The fraction of sp³-hybridized carbons (Fsp3) is 0.571. The molecule has 6 nitrogen and oxygen atoms in total. The monoisotopic (exact) mass is 274 g/mol. The molecule has 2 heterocycles. The van der Waals surface area contributed by atoms with Crippen molar-refractivity contribution < 1.29 is 0 Å². The molecule has 0 bridgehead atoms.